The van der Waals surface area contributed by atoms with Crippen LogP contribution in [0.5, 0.6) is 0 Å². The summed E-state index contributed by atoms with van der Waals surface area (Å²) in [7, 11) is 0. The number of rotatable bonds is 4. The van der Waals surface area contributed by atoms with Crippen LogP contribution in [-0.2, 0) is 6.42 Å². The topological polar surface area (TPSA) is 26.0 Å². The van der Waals surface area contributed by atoms with E-state index in [1.807, 2.05) is 0 Å². The standard InChI is InChI=1S/C16H23F2N/c1-2-3-11-5-7-16(19)13(8-11)9-12-4-6-14(17)15(18)10-12/h4,6,10-11,13,16H,2-3,5,7-9,19H2,1H3. The molecule has 19 heavy (non-hydrogen) atoms. The number of hydrogen-bond acceptors (Lipinski definition) is 1. The van der Waals surface area contributed by atoms with Gasteiger partial charge in [-0.3, -0.25) is 0 Å². The maximum atomic E-state index is 13.2. The van der Waals surface area contributed by atoms with Gasteiger partial charge >= 0.3 is 0 Å². The number of hydrogen-bond donors (Lipinski definition) is 1. The minimum Gasteiger partial charge on any atom is -0.327 e. The normalized spacial score (nSPS) is 27.5. The van der Waals surface area contributed by atoms with E-state index in [0.717, 1.165) is 30.7 Å². The van der Waals surface area contributed by atoms with E-state index in [-0.39, 0.29) is 6.04 Å². The van der Waals surface area contributed by atoms with Gasteiger partial charge in [-0.1, -0.05) is 25.8 Å². The van der Waals surface area contributed by atoms with E-state index in [1.165, 1.54) is 31.4 Å². The Kier molecular flexibility index (Phi) is 4.92. The lowest BCUT2D eigenvalue weighted by Crippen LogP contribution is -2.37. The van der Waals surface area contributed by atoms with Crippen LogP contribution in [0, 0.1) is 23.5 Å². The van der Waals surface area contributed by atoms with Crippen molar-refractivity contribution in [3.05, 3.63) is 35.4 Å². The molecule has 0 radical (unpaired) electrons. The second-order valence-electron chi connectivity index (χ2n) is 5.84. The van der Waals surface area contributed by atoms with Crippen LogP contribution < -0.4 is 5.73 Å². The van der Waals surface area contributed by atoms with E-state index >= 15 is 0 Å². The second-order valence-corrected chi connectivity index (χ2v) is 5.84. The van der Waals surface area contributed by atoms with E-state index in [9.17, 15) is 8.78 Å². The average Bonchev–Trinajstić information content (AvgIpc) is 2.38. The van der Waals surface area contributed by atoms with Gasteiger partial charge in [-0.2, -0.15) is 0 Å². The van der Waals surface area contributed by atoms with E-state index in [0.29, 0.717) is 5.92 Å². The number of benzene rings is 1. The third-order valence-corrected chi connectivity index (χ3v) is 4.33. The van der Waals surface area contributed by atoms with E-state index in [1.54, 1.807) is 6.07 Å². The fraction of sp³-hybridized carbons (Fsp3) is 0.625. The molecule has 0 aliphatic heterocycles. The summed E-state index contributed by atoms with van der Waals surface area (Å²) in [5.41, 5.74) is 7.04. The SMILES string of the molecule is CCCC1CCC(N)C(Cc2ccc(F)c(F)c2)C1. The highest BCUT2D eigenvalue weighted by molar-refractivity contribution is 5.18. The van der Waals surface area contributed by atoms with Gasteiger partial charge in [0.1, 0.15) is 0 Å². The molecule has 0 bridgehead atoms. The Labute approximate surface area is 114 Å². The van der Waals surface area contributed by atoms with Gasteiger partial charge in [-0.15, -0.1) is 0 Å². The summed E-state index contributed by atoms with van der Waals surface area (Å²) >= 11 is 0. The molecule has 3 unspecified atom stereocenters. The predicted molar refractivity (Wildman–Crippen MR) is 73.8 cm³/mol. The average molecular weight is 267 g/mol. The summed E-state index contributed by atoms with van der Waals surface area (Å²) in [4.78, 5) is 0. The van der Waals surface area contributed by atoms with Gasteiger partial charge in [0.05, 0.1) is 0 Å². The van der Waals surface area contributed by atoms with Crippen molar-refractivity contribution in [1.82, 2.24) is 0 Å². The van der Waals surface area contributed by atoms with Crippen LogP contribution in [0.3, 0.4) is 0 Å². The van der Waals surface area contributed by atoms with Gasteiger partial charge in [-0.25, -0.2) is 8.78 Å². The molecule has 2 rings (SSSR count). The van der Waals surface area contributed by atoms with Crippen LogP contribution in [0.1, 0.15) is 44.6 Å². The van der Waals surface area contributed by atoms with Gasteiger partial charge in [0, 0.05) is 6.04 Å². The molecular weight excluding hydrogens is 244 g/mol. The van der Waals surface area contributed by atoms with Gasteiger partial charge < -0.3 is 5.73 Å². The minimum absolute atomic E-state index is 0.196. The van der Waals surface area contributed by atoms with Gasteiger partial charge in [-0.05, 0) is 55.2 Å². The molecule has 1 fully saturated rings. The fourth-order valence-electron chi connectivity index (χ4n) is 3.26. The zero-order valence-electron chi connectivity index (χ0n) is 11.5. The van der Waals surface area contributed by atoms with Crippen LogP contribution >= 0.6 is 0 Å². The number of nitrogens with two attached hydrogens (primary N) is 1. The van der Waals surface area contributed by atoms with Crippen LogP contribution in [0.4, 0.5) is 8.78 Å². The molecule has 0 spiro atoms. The predicted octanol–water partition coefficient (Wildman–Crippen LogP) is 4.05. The Morgan fingerprint density at radius 2 is 2.00 bits per heavy atom. The zero-order valence-corrected chi connectivity index (χ0v) is 11.5. The van der Waals surface area contributed by atoms with E-state index in [2.05, 4.69) is 6.92 Å². The first kappa shape index (κ1) is 14.4. The van der Waals surface area contributed by atoms with Crippen LogP contribution in [-0.4, -0.2) is 6.04 Å². The molecule has 0 aromatic heterocycles. The molecule has 0 amide bonds. The molecule has 1 aromatic carbocycles. The molecule has 106 valence electrons. The Hall–Kier alpha value is -0.960. The largest absolute Gasteiger partial charge is 0.327 e. The third kappa shape index (κ3) is 3.75. The first-order valence-corrected chi connectivity index (χ1v) is 7.29. The Morgan fingerprint density at radius 1 is 1.21 bits per heavy atom. The summed E-state index contributed by atoms with van der Waals surface area (Å²) in [5, 5.41) is 0. The lowest BCUT2D eigenvalue weighted by Gasteiger charge is -2.34. The summed E-state index contributed by atoms with van der Waals surface area (Å²) < 4.78 is 26.1. The highest BCUT2D eigenvalue weighted by atomic mass is 19.2. The fourth-order valence-corrected chi connectivity index (χ4v) is 3.26. The highest BCUT2D eigenvalue weighted by Gasteiger charge is 2.27. The molecule has 1 aliphatic rings. The van der Waals surface area contributed by atoms with Crippen molar-refractivity contribution in [2.75, 3.05) is 0 Å². The lowest BCUT2D eigenvalue weighted by molar-refractivity contribution is 0.221. The highest BCUT2D eigenvalue weighted by Crippen LogP contribution is 2.33. The van der Waals surface area contributed by atoms with Gasteiger partial charge in [0.25, 0.3) is 0 Å². The lowest BCUT2D eigenvalue weighted by atomic mass is 9.74. The molecule has 1 saturated carbocycles. The van der Waals surface area contributed by atoms with E-state index in [4.69, 9.17) is 5.73 Å². The van der Waals surface area contributed by atoms with Crippen LogP contribution in [0.2, 0.25) is 0 Å². The molecule has 3 atom stereocenters. The van der Waals surface area contributed by atoms with Crippen molar-refractivity contribution in [1.29, 1.82) is 0 Å². The summed E-state index contributed by atoms with van der Waals surface area (Å²) in [6.07, 6.45) is 6.60. The zero-order chi connectivity index (χ0) is 13.8. The summed E-state index contributed by atoms with van der Waals surface area (Å²) in [6, 6.07) is 4.39. The summed E-state index contributed by atoms with van der Waals surface area (Å²) in [5.74, 6) is -0.386. The molecule has 1 aromatic rings. The maximum Gasteiger partial charge on any atom is 0.159 e. The Balaban J connectivity index is 2.01. The first-order chi connectivity index (χ1) is 9.10. The smallest absolute Gasteiger partial charge is 0.159 e. The number of halogens is 2. The van der Waals surface area contributed by atoms with Gasteiger partial charge in [0.15, 0.2) is 11.6 Å². The Bertz CT molecular complexity index is 419. The third-order valence-electron chi connectivity index (χ3n) is 4.33. The first-order valence-electron chi connectivity index (χ1n) is 7.29. The summed E-state index contributed by atoms with van der Waals surface area (Å²) in [6.45, 7) is 2.21. The maximum absolute atomic E-state index is 13.2. The molecule has 0 saturated heterocycles. The molecule has 1 aliphatic carbocycles. The molecule has 3 heteroatoms. The van der Waals surface area contributed by atoms with Crippen molar-refractivity contribution in [3.8, 4) is 0 Å². The molecule has 0 heterocycles. The molecular formula is C16H23F2N. The van der Waals surface area contributed by atoms with Crippen LogP contribution in [0.15, 0.2) is 18.2 Å². The van der Waals surface area contributed by atoms with Crippen molar-refractivity contribution in [2.45, 2.75) is 51.5 Å². The van der Waals surface area contributed by atoms with E-state index < -0.39 is 11.6 Å². The monoisotopic (exact) mass is 267 g/mol. The molecule has 1 nitrogen and oxygen atoms in total. The van der Waals surface area contributed by atoms with Gasteiger partial charge in [0.2, 0.25) is 0 Å². The second kappa shape index (κ2) is 6.47. The van der Waals surface area contributed by atoms with Crippen molar-refractivity contribution < 1.29 is 8.78 Å². The Morgan fingerprint density at radius 3 is 2.68 bits per heavy atom. The van der Waals surface area contributed by atoms with Crippen molar-refractivity contribution in [3.63, 3.8) is 0 Å². The van der Waals surface area contributed by atoms with Crippen LogP contribution in [0.25, 0.3) is 0 Å². The minimum atomic E-state index is -0.777. The molecule has 2 N–H and O–H groups in total. The quantitative estimate of drug-likeness (QED) is 0.875. The van der Waals surface area contributed by atoms with Crippen molar-refractivity contribution in [2.24, 2.45) is 17.6 Å². The van der Waals surface area contributed by atoms with Crippen molar-refractivity contribution >= 4 is 0 Å².